The Morgan fingerprint density at radius 1 is 1.30 bits per heavy atom. The van der Waals surface area contributed by atoms with E-state index in [9.17, 15) is 9.59 Å². The Morgan fingerprint density at radius 3 is 2.63 bits per heavy atom. The zero-order valence-electron chi connectivity index (χ0n) is 16.3. The summed E-state index contributed by atoms with van der Waals surface area (Å²) in [5, 5.41) is 6.07. The number of amides is 1. The van der Waals surface area contributed by atoms with E-state index in [1.54, 1.807) is 11.9 Å². The molecule has 0 N–H and O–H groups in total. The lowest BCUT2D eigenvalue weighted by molar-refractivity contribution is -0.159. The fourth-order valence-electron chi connectivity index (χ4n) is 3.69. The first-order chi connectivity index (χ1) is 12.8. The van der Waals surface area contributed by atoms with E-state index in [1.165, 1.54) is 0 Å². The van der Waals surface area contributed by atoms with Crippen molar-refractivity contribution in [3.8, 4) is 0 Å². The van der Waals surface area contributed by atoms with Crippen LogP contribution in [0, 0.1) is 0 Å². The van der Waals surface area contributed by atoms with E-state index < -0.39 is 17.6 Å². The van der Waals surface area contributed by atoms with Crippen LogP contribution in [0.2, 0.25) is 0 Å². The van der Waals surface area contributed by atoms with E-state index in [0.29, 0.717) is 13.1 Å². The van der Waals surface area contributed by atoms with Crippen molar-refractivity contribution in [2.45, 2.75) is 51.9 Å². The smallest absolute Gasteiger partial charge is 0.354 e. The third-order valence-electron chi connectivity index (χ3n) is 4.61. The maximum absolute atomic E-state index is 13.3. The molecule has 0 saturated carbocycles. The number of para-hydroxylation sites is 1. The Labute approximate surface area is 159 Å². The predicted molar refractivity (Wildman–Crippen MR) is 103 cm³/mol. The van der Waals surface area contributed by atoms with Gasteiger partial charge in [0, 0.05) is 19.5 Å². The molecule has 1 aromatic rings. The van der Waals surface area contributed by atoms with Gasteiger partial charge < -0.3 is 14.4 Å². The quantitative estimate of drug-likeness (QED) is 0.757. The van der Waals surface area contributed by atoms with Gasteiger partial charge in [-0.25, -0.2) is 4.79 Å². The average Bonchev–Trinajstić information content (AvgIpc) is 3.06. The lowest BCUT2D eigenvalue weighted by Crippen LogP contribution is -2.57. The van der Waals surface area contributed by atoms with E-state index >= 15 is 0 Å². The zero-order valence-corrected chi connectivity index (χ0v) is 16.3. The van der Waals surface area contributed by atoms with Crippen LogP contribution < -0.4 is 5.01 Å². The summed E-state index contributed by atoms with van der Waals surface area (Å²) in [5.74, 6) is -0.519. The van der Waals surface area contributed by atoms with Crippen LogP contribution in [0.15, 0.2) is 35.4 Å². The fraction of sp³-hybridized carbons (Fsp3) is 0.550. The van der Waals surface area contributed by atoms with Crippen LogP contribution in [0.3, 0.4) is 0 Å². The number of hydrazone groups is 1. The van der Waals surface area contributed by atoms with Gasteiger partial charge in [0.05, 0.1) is 24.0 Å². The second-order valence-electron chi connectivity index (χ2n) is 7.57. The topological polar surface area (TPSA) is 71.4 Å². The van der Waals surface area contributed by atoms with Crippen molar-refractivity contribution >= 4 is 23.3 Å². The number of esters is 1. The second kappa shape index (κ2) is 7.68. The average molecular weight is 373 g/mol. The van der Waals surface area contributed by atoms with E-state index in [2.05, 4.69) is 5.10 Å². The van der Waals surface area contributed by atoms with Crippen LogP contribution in [-0.2, 0) is 19.1 Å². The highest BCUT2D eigenvalue weighted by Gasteiger charge is 2.42. The molecule has 3 rings (SSSR count). The molecule has 7 heteroatoms. The molecule has 7 nitrogen and oxygen atoms in total. The zero-order chi connectivity index (χ0) is 19.6. The number of hydrogen-bond acceptors (Lipinski definition) is 6. The van der Waals surface area contributed by atoms with Crippen molar-refractivity contribution in [2.24, 2.45) is 5.10 Å². The van der Waals surface area contributed by atoms with Gasteiger partial charge >= 0.3 is 5.97 Å². The van der Waals surface area contributed by atoms with Crippen molar-refractivity contribution in [1.82, 2.24) is 4.90 Å². The standard InChI is InChI=1S/C20H27N3O4/c1-5-26-19(25)16-11-17(23(21-16)15-9-7-6-8-10-15)18(24)22-12-14(2)27-20(3,4)13-22/h6-10,14,17H,5,11-13H2,1-4H3. The summed E-state index contributed by atoms with van der Waals surface area (Å²) in [7, 11) is 0. The highest BCUT2D eigenvalue weighted by atomic mass is 16.5. The normalized spacial score (nSPS) is 24.5. The maximum atomic E-state index is 13.3. The molecule has 1 saturated heterocycles. The summed E-state index contributed by atoms with van der Waals surface area (Å²) in [4.78, 5) is 27.4. The summed E-state index contributed by atoms with van der Waals surface area (Å²) >= 11 is 0. The lowest BCUT2D eigenvalue weighted by atomic mass is 10.0. The van der Waals surface area contributed by atoms with E-state index in [-0.39, 0.29) is 30.8 Å². The number of ether oxygens (including phenoxy) is 2. The molecule has 0 radical (unpaired) electrons. The molecule has 146 valence electrons. The molecule has 27 heavy (non-hydrogen) atoms. The van der Waals surface area contributed by atoms with Crippen molar-refractivity contribution in [3.05, 3.63) is 30.3 Å². The highest BCUT2D eigenvalue weighted by Crippen LogP contribution is 2.28. The molecule has 1 amide bonds. The van der Waals surface area contributed by atoms with Gasteiger partial charge in [-0.2, -0.15) is 5.10 Å². The minimum absolute atomic E-state index is 0.0466. The lowest BCUT2D eigenvalue weighted by Gasteiger charge is -2.43. The molecule has 2 aliphatic heterocycles. The van der Waals surface area contributed by atoms with Gasteiger partial charge in [-0.3, -0.25) is 9.80 Å². The van der Waals surface area contributed by atoms with Crippen molar-refractivity contribution in [1.29, 1.82) is 0 Å². The highest BCUT2D eigenvalue weighted by molar-refractivity contribution is 6.38. The number of carbonyl (C=O) groups excluding carboxylic acids is 2. The first kappa shape index (κ1) is 19.4. The number of hydrogen-bond donors (Lipinski definition) is 0. The maximum Gasteiger partial charge on any atom is 0.354 e. The summed E-state index contributed by atoms with van der Waals surface area (Å²) < 4.78 is 11.0. The van der Waals surface area contributed by atoms with Crippen molar-refractivity contribution in [3.63, 3.8) is 0 Å². The molecular formula is C20H27N3O4. The largest absolute Gasteiger partial charge is 0.461 e. The molecule has 0 bridgehead atoms. The number of carbonyl (C=O) groups is 2. The first-order valence-electron chi connectivity index (χ1n) is 9.36. The SMILES string of the molecule is CCOC(=O)C1=NN(c2ccccc2)C(C(=O)N2CC(C)OC(C)(C)C2)C1. The van der Waals surface area contributed by atoms with Gasteiger partial charge in [-0.05, 0) is 39.8 Å². The summed E-state index contributed by atoms with van der Waals surface area (Å²) in [6.45, 7) is 8.98. The number of rotatable bonds is 4. The Bertz CT molecular complexity index is 732. The number of morpholine rings is 1. The van der Waals surface area contributed by atoms with Crippen LogP contribution in [0.25, 0.3) is 0 Å². The van der Waals surface area contributed by atoms with Crippen LogP contribution in [0.4, 0.5) is 5.69 Å². The molecule has 1 aromatic carbocycles. The molecule has 2 aliphatic rings. The molecular weight excluding hydrogens is 346 g/mol. The van der Waals surface area contributed by atoms with Gasteiger partial charge in [-0.15, -0.1) is 0 Å². The predicted octanol–water partition coefficient (Wildman–Crippen LogP) is 2.21. The molecule has 2 unspecified atom stereocenters. The van der Waals surface area contributed by atoms with Crippen LogP contribution >= 0.6 is 0 Å². The third-order valence-corrected chi connectivity index (χ3v) is 4.61. The Morgan fingerprint density at radius 2 is 2.00 bits per heavy atom. The fourth-order valence-corrected chi connectivity index (χ4v) is 3.69. The van der Waals surface area contributed by atoms with E-state index in [0.717, 1.165) is 5.69 Å². The van der Waals surface area contributed by atoms with Crippen LogP contribution in [0.1, 0.15) is 34.1 Å². The minimum atomic E-state index is -0.562. The molecule has 2 atom stereocenters. The van der Waals surface area contributed by atoms with Gasteiger partial charge in [-0.1, -0.05) is 18.2 Å². The van der Waals surface area contributed by atoms with Gasteiger partial charge in [0.2, 0.25) is 5.91 Å². The molecule has 0 aromatic heterocycles. The number of nitrogens with zero attached hydrogens (tertiary/aromatic N) is 3. The van der Waals surface area contributed by atoms with Crippen LogP contribution in [-0.4, -0.2) is 59.9 Å². The number of anilines is 1. The van der Waals surface area contributed by atoms with Gasteiger partial charge in [0.1, 0.15) is 11.8 Å². The Kier molecular flexibility index (Phi) is 5.51. The summed E-state index contributed by atoms with van der Waals surface area (Å²) in [5.41, 5.74) is 0.643. The molecule has 0 spiro atoms. The summed E-state index contributed by atoms with van der Waals surface area (Å²) in [6.07, 6.45) is 0.188. The molecule has 0 aliphatic carbocycles. The number of benzene rings is 1. The van der Waals surface area contributed by atoms with Crippen molar-refractivity contribution < 1.29 is 19.1 Å². The molecule has 2 heterocycles. The molecule has 1 fully saturated rings. The van der Waals surface area contributed by atoms with E-state index in [4.69, 9.17) is 9.47 Å². The van der Waals surface area contributed by atoms with Crippen molar-refractivity contribution in [2.75, 3.05) is 24.7 Å². The monoisotopic (exact) mass is 373 g/mol. The Balaban J connectivity index is 1.86. The minimum Gasteiger partial charge on any atom is -0.461 e. The Hall–Kier alpha value is -2.41. The summed E-state index contributed by atoms with van der Waals surface area (Å²) in [6, 6.07) is 8.86. The first-order valence-corrected chi connectivity index (χ1v) is 9.36. The second-order valence-corrected chi connectivity index (χ2v) is 7.57. The third kappa shape index (κ3) is 4.30. The van der Waals surface area contributed by atoms with Crippen LogP contribution in [0.5, 0.6) is 0 Å². The van der Waals surface area contributed by atoms with E-state index in [1.807, 2.05) is 56.0 Å². The van der Waals surface area contributed by atoms with Gasteiger partial charge in [0.25, 0.3) is 0 Å². The van der Waals surface area contributed by atoms with Gasteiger partial charge in [0.15, 0.2) is 0 Å².